The van der Waals surface area contributed by atoms with Gasteiger partial charge in [-0.15, -0.1) is 0 Å². The van der Waals surface area contributed by atoms with Gasteiger partial charge >= 0.3 is 0 Å². The van der Waals surface area contributed by atoms with Crippen molar-refractivity contribution >= 4 is 16.8 Å². The summed E-state index contributed by atoms with van der Waals surface area (Å²) in [6.45, 7) is 3.69. The molecular formula is C18H24N2O2. The quantitative estimate of drug-likeness (QED) is 0.922. The molecule has 0 spiro atoms. The first-order valence-corrected chi connectivity index (χ1v) is 8.19. The minimum Gasteiger partial charge on any atom is -0.497 e. The molecule has 4 heteroatoms. The lowest BCUT2D eigenvalue weighted by atomic mass is 10.0. The van der Waals surface area contributed by atoms with Gasteiger partial charge in [0.05, 0.1) is 7.11 Å². The van der Waals surface area contributed by atoms with E-state index in [1.54, 1.807) is 7.11 Å². The number of amides is 1. The van der Waals surface area contributed by atoms with Gasteiger partial charge in [-0.05, 0) is 49.4 Å². The summed E-state index contributed by atoms with van der Waals surface area (Å²) < 4.78 is 7.84. The largest absolute Gasteiger partial charge is 0.497 e. The summed E-state index contributed by atoms with van der Waals surface area (Å²) in [6.07, 6.45) is 5.06. The van der Waals surface area contributed by atoms with Crippen molar-refractivity contribution in [2.45, 2.75) is 45.6 Å². The first-order valence-electron chi connectivity index (χ1n) is 8.19. The molecule has 118 valence electrons. The molecule has 1 amide bonds. The number of nitrogens with one attached hydrogen (secondary N) is 1. The standard InChI is InChI=1S/C18H24N2O2/c1-3-18(21)19-10-9-14-15-12-13(22-2)7-8-17(15)20-11-5-4-6-16(14)20/h7-8,12H,3-6,9-11H2,1-2H3,(H,19,21). The Morgan fingerprint density at radius 3 is 3.00 bits per heavy atom. The normalized spacial score (nSPS) is 13.9. The second-order valence-corrected chi connectivity index (χ2v) is 5.87. The van der Waals surface area contributed by atoms with Crippen LogP contribution in [0.4, 0.5) is 0 Å². The number of hydrogen-bond donors (Lipinski definition) is 1. The van der Waals surface area contributed by atoms with E-state index in [0.29, 0.717) is 13.0 Å². The van der Waals surface area contributed by atoms with Crippen molar-refractivity contribution in [1.82, 2.24) is 9.88 Å². The van der Waals surface area contributed by atoms with Crippen LogP contribution < -0.4 is 10.1 Å². The number of methoxy groups -OCH3 is 1. The van der Waals surface area contributed by atoms with Crippen LogP contribution in [0.5, 0.6) is 5.75 Å². The molecule has 0 aliphatic carbocycles. The average Bonchev–Trinajstić information content (AvgIpc) is 2.88. The van der Waals surface area contributed by atoms with Crippen molar-refractivity contribution in [2.24, 2.45) is 0 Å². The Balaban J connectivity index is 1.96. The molecule has 22 heavy (non-hydrogen) atoms. The summed E-state index contributed by atoms with van der Waals surface area (Å²) >= 11 is 0. The van der Waals surface area contributed by atoms with Gasteiger partial charge in [-0.2, -0.15) is 0 Å². The third-order valence-corrected chi connectivity index (χ3v) is 4.56. The fraction of sp³-hybridized carbons (Fsp3) is 0.500. The molecule has 1 aromatic heterocycles. The highest BCUT2D eigenvalue weighted by molar-refractivity contribution is 5.87. The molecule has 0 radical (unpaired) electrons. The first-order chi connectivity index (χ1) is 10.7. The van der Waals surface area contributed by atoms with E-state index in [1.807, 2.05) is 13.0 Å². The molecule has 0 saturated heterocycles. The average molecular weight is 300 g/mol. The lowest BCUT2D eigenvalue weighted by Gasteiger charge is -2.17. The van der Waals surface area contributed by atoms with Crippen LogP contribution >= 0.6 is 0 Å². The number of carbonyl (C=O) groups is 1. The van der Waals surface area contributed by atoms with Gasteiger partial charge in [0.2, 0.25) is 5.91 Å². The summed E-state index contributed by atoms with van der Waals surface area (Å²) in [5.41, 5.74) is 4.12. The van der Waals surface area contributed by atoms with Crippen LogP contribution in [-0.4, -0.2) is 24.1 Å². The Labute approximate surface area is 131 Å². The van der Waals surface area contributed by atoms with E-state index in [-0.39, 0.29) is 5.91 Å². The number of fused-ring (bicyclic) bond motifs is 3. The Morgan fingerprint density at radius 1 is 1.36 bits per heavy atom. The number of ether oxygens (including phenoxy) is 1. The summed E-state index contributed by atoms with van der Waals surface area (Å²) in [7, 11) is 1.71. The van der Waals surface area contributed by atoms with Crippen molar-refractivity contribution in [3.05, 3.63) is 29.5 Å². The molecule has 2 aromatic rings. The predicted molar refractivity (Wildman–Crippen MR) is 88.4 cm³/mol. The van der Waals surface area contributed by atoms with Crippen LogP contribution in [0.25, 0.3) is 10.9 Å². The fourth-order valence-electron chi connectivity index (χ4n) is 3.42. The Bertz CT molecular complexity index is 688. The van der Waals surface area contributed by atoms with E-state index in [1.165, 1.54) is 35.0 Å². The summed E-state index contributed by atoms with van der Waals surface area (Å²) in [5.74, 6) is 1.02. The molecule has 2 heterocycles. The maximum Gasteiger partial charge on any atom is 0.219 e. The second kappa shape index (κ2) is 6.42. The van der Waals surface area contributed by atoms with Crippen LogP contribution in [0.15, 0.2) is 18.2 Å². The lowest BCUT2D eigenvalue weighted by molar-refractivity contribution is -0.120. The maximum absolute atomic E-state index is 11.5. The van der Waals surface area contributed by atoms with Crippen molar-refractivity contribution in [3.8, 4) is 5.75 Å². The SMILES string of the molecule is CCC(=O)NCCc1c2n(c3ccc(OC)cc13)CCCC2. The van der Waals surface area contributed by atoms with E-state index in [4.69, 9.17) is 4.74 Å². The summed E-state index contributed by atoms with van der Waals surface area (Å²) in [5, 5.41) is 4.27. The molecule has 0 unspecified atom stereocenters. The molecular weight excluding hydrogens is 276 g/mol. The molecule has 4 nitrogen and oxygen atoms in total. The molecule has 3 rings (SSSR count). The molecule has 0 saturated carbocycles. The number of hydrogen-bond acceptors (Lipinski definition) is 2. The Kier molecular flexibility index (Phi) is 4.36. The van der Waals surface area contributed by atoms with Crippen LogP contribution in [-0.2, 0) is 24.2 Å². The molecule has 0 fully saturated rings. The third kappa shape index (κ3) is 2.70. The van der Waals surface area contributed by atoms with Gasteiger partial charge in [-0.3, -0.25) is 4.79 Å². The van der Waals surface area contributed by atoms with Crippen molar-refractivity contribution in [2.75, 3.05) is 13.7 Å². The molecule has 1 aliphatic heterocycles. The van der Waals surface area contributed by atoms with Gasteiger partial charge in [0.25, 0.3) is 0 Å². The highest BCUT2D eigenvalue weighted by Crippen LogP contribution is 2.33. The topological polar surface area (TPSA) is 43.3 Å². The number of nitrogens with zero attached hydrogens (tertiary/aromatic N) is 1. The lowest BCUT2D eigenvalue weighted by Crippen LogP contribution is -2.25. The van der Waals surface area contributed by atoms with Crippen LogP contribution in [0.2, 0.25) is 0 Å². The number of aromatic nitrogens is 1. The fourth-order valence-corrected chi connectivity index (χ4v) is 3.42. The van der Waals surface area contributed by atoms with Crippen LogP contribution in [0.3, 0.4) is 0 Å². The maximum atomic E-state index is 11.5. The third-order valence-electron chi connectivity index (χ3n) is 4.56. The minimum absolute atomic E-state index is 0.120. The number of aryl methyl sites for hydroxylation is 1. The molecule has 0 atom stereocenters. The molecule has 1 aliphatic rings. The smallest absolute Gasteiger partial charge is 0.219 e. The van der Waals surface area contributed by atoms with E-state index in [0.717, 1.165) is 25.1 Å². The highest BCUT2D eigenvalue weighted by atomic mass is 16.5. The second-order valence-electron chi connectivity index (χ2n) is 5.87. The van der Waals surface area contributed by atoms with Crippen LogP contribution in [0.1, 0.15) is 37.4 Å². The zero-order chi connectivity index (χ0) is 15.5. The minimum atomic E-state index is 0.120. The van der Waals surface area contributed by atoms with Gasteiger partial charge in [0.15, 0.2) is 0 Å². The predicted octanol–water partition coefficient (Wildman–Crippen LogP) is 3.05. The Morgan fingerprint density at radius 2 is 2.23 bits per heavy atom. The summed E-state index contributed by atoms with van der Waals surface area (Å²) in [6, 6.07) is 6.33. The Hall–Kier alpha value is -1.97. The molecule has 0 bridgehead atoms. The zero-order valence-corrected chi connectivity index (χ0v) is 13.4. The van der Waals surface area contributed by atoms with Gasteiger partial charge in [0, 0.05) is 36.1 Å². The van der Waals surface area contributed by atoms with Crippen molar-refractivity contribution in [3.63, 3.8) is 0 Å². The van der Waals surface area contributed by atoms with E-state index < -0.39 is 0 Å². The molecule has 1 N–H and O–H groups in total. The number of benzene rings is 1. The highest BCUT2D eigenvalue weighted by Gasteiger charge is 2.19. The number of carbonyl (C=O) groups excluding carboxylic acids is 1. The van der Waals surface area contributed by atoms with E-state index in [9.17, 15) is 4.79 Å². The van der Waals surface area contributed by atoms with E-state index >= 15 is 0 Å². The molecule has 1 aromatic carbocycles. The zero-order valence-electron chi connectivity index (χ0n) is 13.4. The van der Waals surface area contributed by atoms with Gasteiger partial charge in [0.1, 0.15) is 5.75 Å². The first kappa shape index (κ1) is 14.9. The van der Waals surface area contributed by atoms with Crippen molar-refractivity contribution < 1.29 is 9.53 Å². The van der Waals surface area contributed by atoms with E-state index in [2.05, 4.69) is 22.0 Å². The van der Waals surface area contributed by atoms with Gasteiger partial charge in [-0.1, -0.05) is 6.92 Å². The summed E-state index contributed by atoms with van der Waals surface area (Å²) in [4.78, 5) is 11.5. The van der Waals surface area contributed by atoms with Gasteiger partial charge < -0.3 is 14.6 Å². The monoisotopic (exact) mass is 300 g/mol. The van der Waals surface area contributed by atoms with Gasteiger partial charge in [-0.25, -0.2) is 0 Å². The number of rotatable bonds is 5. The van der Waals surface area contributed by atoms with Crippen molar-refractivity contribution in [1.29, 1.82) is 0 Å². The van der Waals surface area contributed by atoms with Crippen LogP contribution in [0, 0.1) is 0 Å².